The van der Waals surface area contributed by atoms with Gasteiger partial charge in [0.05, 0.1) is 4.92 Å². The Labute approximate surface area is 107 Å². The van der Waals surface area contributed by atoms with Crippen LogP contribution < -0.4 is 5.32 Å². The highest BCUT2D eigenvalue weighted by atomic mass is 16.6. The molecule has 1 aromatic rings. The third-order valence-electron chi connectivity index (χ3n) is 3.50. The molecule has 1 saturated carbocycles. The summed E-state index contributed by atoms with van der Waals surface area (Å²) in [4.78, 5) is 10.8. The lowest BCUT2D eigenvalue weighted by molar-refractivity contribution is -0.384. The van der Waals surface area contributed by atoms with E-state index in [2.05, 4.69) is 17.3 Å². The molecule has 6 nitrogen and oxygen atoms in total. The zero-order valence-electron chi connectivity index (χ0n) is 11.2. The van der Waals surface area contributed by atoms with E-state index in [4.69, 9.17) is 0 Å². The Morgan fingerprint density at radius 3 is 2.72 bits per heavy atom. The standard InChI is InChI=1S/C12H20N4O2/c1-4-7-15-11(13-8-12(3)5-6-12)10(16(17)18)9(2)14-15/h13H,4-8H2,1-3H3. The maximum atomic E-state index is 11.1. The highest BCUT2D eigenvalue weighted by Gasteiger charge is 2.38. The summed E-state index contributed by atoms with van der Waals surface area (Å²) in [5.41, 5.74) is 0.910. The molecule has 100 valence electrons. The molecule has 0 saturated heterocycles. The predicted molar refractivity (Wildman–Crippen MR) is 69.7 cm³/mol. The molecule has 1 aliphatic rings. The maximum absolute atomic E-state index is 11.1. The van der Waals surface area contributed by atoms with Crippen LogP contribution in [0, 0.1) is 22.5 Å². The molecule has 1 aromatic heterocycles. The van der Waals surface area contributed by atoms with E-state index < -0.39 is 0 Å². The normalized spacial score (nSPS) is 16.6. The van der Waals surface area contributed by atoms with E-state index in [1.54, 1.807) is 11.6 Å². The molecule has 1 heterocycles. The molecule has 0 aliphatic heterocycles. The van der Waals surface area contributed by atoms with Gasteiger partial charge in [-0.15, -0.1) is 0 Å². The van der Waals surface area contributed by atoms with Gasteiger partial charge in [-0.1, -0.05) is 13.8 Å². The van der Waals surface area contributed by atoms with Gasteiger partial charge in [-0.25, -0.2) is 4.68 Å². The fourth-order valence-corrected chi connectivity index (χ4v) is 2.03. The van der Waals surface area contributed by atoms with Crippen LogP contribution in [0.1, 0.15) is 38.8 Å². The zero-order valence-corrected chi connectivity index (χ0v) is 11.2. The van der Waals surface area contributed by atoms with Gasteiger partial charge in [0.2, 0.25) is 5.82 Å². The van der Waals surface area contributed by atoms with Crippen LogP contribution in [-0.4, -0.2) is 21.2 Å². The maximum Gasteiger partial charge on any atom is 0.333 e. The van der Waals surface area contributed by atoms with Gasteiger partial charge in [-0.3, -0.25) is 10.1 Å². The Bertz CT molecular complexity index is 463. The average Bonchev–Trinajstić information content (AvgIpc) is 2.92. The molecule has 1 fully saturated rings. The minimum absolute atomic E-state index is 0.118. The lowest BCUT2D eigenvalue weighted by Gasteiger charge is -2.12. The second-order valence-electron chi connectivity index (χ2n) is 5.43. The number of hydrogen-bond donors (Lipinski definition) is 1. The van der Waals surface area contributed by atoms with Crippen molar-refractivity contribution in [2.45, 2.75) is 46.6 Å². The quantitative estimate of drug-likeness (QED) is 0.624. The second kappa shape index (κ2) is 4.59. The third-order valence-corrected chi connectivity index (χ3v) is 3.50. The van der Waals surface area contributed by atoms with Crippen molar-refractivity contribution in [3.05, 3.63) is 15.8 Å². The lowest BCUT2D eigenvalue weighted by Crippen LogP contribution is -2.16. The fraction of sp³-hybridized carbons (Fsp3) is 0.750. The van der Waals surface area contributed by atoms with Gasteiger partial charge in [0.25, 0.3) is 0 Å². The van der Waals surface area contributed by atoms with Crippen LogP contribution in [0.25, 0.3) is 0 Å². The fourth-order valence-electron chi connectivity index (χ4n) is 2.03. The van der Waals surface area contributed by atoms with Gasteiger partial charge >= 0.3 is 5.69 Å². The van der Waals surface area contributed by atoms with Gasteiger partial charge in [-0.2, -0.15) is 5.10 Å². The summed E-state index contributed by atoms with van der Waals surface area (Å²) >= 11 is 0. The van der Waals surface area contributed by atoms with E-state index in [1.165, 1.54) is 12.8 Å². The molecule has 0 atom stereocenters. The summed E-state index contributed by atoms with van der Waals surface area (Å²) in [5.74, 6) is 0.562. The van der Waals surface area contributed by atoms with Gasteiger partial charge < -0.3 is 5.32 Å². The number of nitrogens with one attached hydrogen (secondary N) is 1. The molecule has 1 N–H and O–H groups in total. The summed E-state index contributed by atoms with van der Waals surface area (Å²) in [6.45, 7) is 7.40. The third kappa shape index (κ3) is 2.47. The first-order valence-electron chi connectivity index (χ1n) is 6.42. The molecule has 0 unspecified atom stereocenters. The number of aromatic nitrogens is 2. The van der Waals surface area contributed by atoms with E-state index in [-0.39, 0.29) is 10.6 Å². The molecule has 18 heavy (non-hydrogen) atoms. The van der Waals surface area contributed by atoms with Crippen molar-refractivity contribution in [1.82, 2.24) is 9.78 Å². The number of nitro groups is 1. The molecule has 0 amide bonds. The first kappa shape index (κ1) is 12.9. The molecular weight excluding hydrogens is 232 g/mol. The van der Waals surface area contributed by atoms with Gasteiger partial charge in [0.1, 0.15) is 5.69 Å². The van der Waals surface area contributed by atoms with Crippen molar-refractivity contribution in [3.8, 4) is 0 Å². The van der Waals surface area contributed by atoms with Crippen molar-refractivity contribution in [2.24, 2.45) is 5.41 Å². The van der Waals surface area contributed by atoms with Crippen molar-refractivity contribution >= 4 is 11.5 Å². The van der Waals surface area contributed by atoms with E-state index in [9.17, 15) is 10.1 Å². The van der Waals surface area contributed by atoms with Crippen LogP contribution in [-0.2, 0) is 6.54 Å². The summed E-state index contributed by atoms with van der Waals surface area (Å²) in [6.07, 6.45) is 3.29. The zero-order chi connectivity index (χ0) is 13.3. The van der Waals surface area contributed by atoms with Crippen LogP contribution in [0.3, 0.4) is 0 Å². The average molecular weight is 252 g/mol. The topological polar surface area (TPSA) is 73.0 Å². The Morgan fingerprint density at radius 2 is 2.22 bits per heavy atom. The number of hydrogen-bond acceptors (Lipinski definition) is 4. The SMILES string of the molecule is CCCn1nc(C)c([N+](=O)[O-])c1NCC1(C)CC1. The first-order valence-corrected chi connectivity index (χ1v) is 6.42. The van der Waals surface area contributed by atoms with Crippen LogP contribution >= 0.6 is 0 Å². The molecule has 2 rings (SSSR count). The van der Waals surface area contributed by atoms with Crippen LogP contribution in [0.2, 0.25) is 0 Å². The molecule has 0 bridgehead atoms. The van der Waals surface area contributed by atoms with E-state index in [0.717, 1.165) is 13.0 Å². The summed E-state index contributed by atoms with van der Waals surface area (Å²) in [7, 11) is 0. The van der Waals surface area contributed by atoms with Crippen LogP contribution in [0.15, 0.2) is 0 Å². The molecule has 6 heteroatoms. The molecular formula is C12H20N4O2. The molecule has 0 aromatic carbocycles. The summed E-state index contributed by atoms with van der Waals surface area (Å²) < 4.78 is 1.72. The molecule has 1 aliphatic carbocycles. The van der Waals surface area contributed by atoms with Gasteiger partial charge in [0, 0.05) is 13.1 Å². The van der Waals surface area contributed by atoms with E-state index in [1.807, 2.05) is 6.92 Å². The van der Waals surface area contributed by atoms with Crippen molar-refractivity contribution in [3.63, 3.8) is 0 Å². The smallest absolute Gasteiger partial charge is 0.333 e. The predicted octanol–water partition coefficient (Wildman–Crippen LogP) is 2.72. The summed E-state index contributed by atoms with van der Waals surface area (Å²) in [5, 5.41) is 18.6. The Hall–Kier alpha value is -1.59. The van der Waals surface area contributed by atoms with E-state index in [0.29, 0.717) is 23.5 Å². The number of anilines is 1. The monoisotopic (exact) mass is 252 g/mol. The molecule has 0 radical (unpaired) electrons. The Kier molecular flexibility index (Phi) is 3.28. The largest absolute Gasteiger partial charge is 0.364 e. The minimum Gasteiger partial charge on any atom is -0.364 e. The second-order valence-corrected chi connectivity index (χ2v) is 5.43. The highest BCUT2D eigenvalue weighted by Crippen LogP contribution is 2.45. The van der Waals surface area contributed by atoms with Crippen LogP contribution in [0.4, 0.5) is 11.5 Å². The van der Waals surface area contributed by atoms with Crippen molar-refractivity contribution in [2.75, 3.05) is 11.9 Å². The minimum atomic E-state index is -0.341. The first-order chi connectivity index (χ1) is 8.47. The number of aryl methyl sites for hydroxylation is 2. The van der Waals surface area contributed by atoms with Crippen LogP contribution in [0.5, 0.6) is 0 Å². The number of rotatable bonds is 6. The van der Waals surface area contributed by atoms with E-state index >= 15 is 0 Å². The van der Waals surface area contributed by atoms with Gasteiger partial charge in [-0.05, 0) is 31.6 Å². The number of nitrogens with zero attached hydrogens (tertiary/aromatic N) is 3. The van der Waals surface area contributed by atoms with Gasteiger partial charge in [0.15, 0.2) is 0 Å². The van der Waals surface area contributed by atoms with Crippen molar-refractivity contribution < 1.29 is 4.92 Å². The lowest BCUT2D eigenvalue weighted by atomic mass is 10.1. The highest BCUT2D eigenvalue weighted by molar-refractivity contribution is 5.59. The van der Waals surface area contributed by atoms with Crippen molar-refractivity contribution in [1.29, 1.82) is 0 Å². The molecule has 0 spiro atoms. The summed E-state index contributed by atoms with van der Waals surface area (Å²) in [6, 6.07) is 0. The Morgan fingerprint density at radius 1 is 1.56 bits per heavy atom. The Balaban J connectivity index is 2.25.